The highest BCUT2D eigenvalue weighted by Gasteiger charge is 2.47. The fourth-order valence-electron chi connectivity index (χ4n) is 4.72. The molecule has 2 unspecified atom stereocenters. The third-order valence-corrected chi connectivity index (χ3v) is 9.11. The van der Waals surface area contributed by atoms with Crippen LogP contribution >= 0.6 is 11.3 Å². The van der Waals surface area contributed by atoms with Crippen molar-refractivity contribution in [3.05, 3.63) is 76.0 Å². The second-order valence-corrected chi connectivity index (χ2v) is 11.2. The van der Waals surface area contributed by atoms with Crippen LogP contribution in [0.3, 0.4) is 0 Å². The van der Waals surface area contributed by atoms with E-state index in [2.05, 4.69) is 0 Å². The van der Waals surface area contributed by atoms with E-state index in [0.29, 0.717) is 29.8 Å². The maximum absolute atomic E-state index is 14.3. The minimum Gasteiger partial charge on any atom is -0.299 e. The van der Waals surface area contributed by atoms with E-state index < -0.39 is 22.0 Å². The van der Waals surface area contributed by atoms with Gasteiger partial charge in [0.2, 0.25) is 0 Å². The van der Waals surface area contributed by atoms with Crippen LogP contribution in [0.25, 0.3) is 0 Å². The Morgan fingerprint density at radius 1 is 1.03 bits per heavy atom. The summed E-state index contributed by atoms with van der Waals surface area (Å²) in [5, 5.41) is 1.93. The molecule has 1 saturated carbocycles. The highest BCUT2D eigenvalue weighted by atomic mass is 32.2. The summed E-state index contributed by atoms with van der Waals surface area (Å²) in [4.78, 5) is 19.2. The summed E-state index contributed by atoms with van der Waals surface area (Å²) in [6.07, 6.45) is 1.89. The summed E-state index contributed by atoms with van der Waals surface area (Å²) in [5.41, 5.74) is 3.44. The molecule has 1 aliphatic carbocycles. The number of hydrogen-bond donors (Lipinski definition) is 0. The SMILES string of the molecule is Cc1ccc(C)c(S(=O)(=O)N2c3ccccc3N=C3CCCC(=O)C3C2c2cccs2)c1. The topological polar surface area (TPSA) is 66.8 Å². The summed E-state index contributed by atoms with van der Waals surface area (Å²) in [5.74, 6) is -0.530. The molecule has 1 fully saturated rings. The van der Waals surface area contributed by atoms with Crippen molar-refractivity contribution < 1.29 is 13.2 Å². The van der Waals surface area contributed by atoms with Crippen LogP contribution in [0.5, 0.6) is 0 Å². The standard InChI is InChI=1S/C25H24N2O3S2/c1-16-12-13-17(2)23(15-16)32(29,30)27-20-9-4-3-7-18(20)26-19-8-5-10-21(28)24(19)25(27)22-11-6-14-31-22/h3-4,6-7,9,11-15,24-25H,5,8,10H2,1-2H3. The van der Waals surface area contributed by atoms with Crippen LogP contribution in [-0.4, -0.2) is 19.9 Å². The van der Waals surface area contributed by atoms with Crippen molar-refractivity contribution in [2.24, 2.45) is 10.9 Å². The molecule has 0 amide bonds. The van der Waals surface area contributed by atoms with Crippen LogP contribution in [0.1, 0.15) is 41.3 Å². The molecule has 5 nitrogen and oxygen atoms in total. The van der Waals surface area contributed by atoms with Crippen LogP contribution in [-0.2, 0) is 14.8 Å². The monoisotopic (exact) mass is 464 g/mol. The number of nitrogens with zero attached hydrogens (tertiary/aromatic N) is 2. The van der Waals surface area contributed by atoms with Crippen molar-refractivity contribution in [1.29, 1.82) is 0 Å². The number of carbonyl (C=O) groups is 1. The van der Waals surface area contributed by atoms with Gasteiger partial charge in [-0.3, -0.25) is 14.1 Å². The van der Waals surface area contributed by atoms with Gasteiger partial charge in [0, 0.05) is 17.0 Å². The number of ketones is 1. The average molecular weight is 465 g/mol. The Balaban J connectivity index is 1.83. The van der Waals surface area contributed by atoms with E-state index in [4.69, 9.17) is 4.99 Å². The Hall–Kier alpha value is -2.77. The zero-order valence-corrected chi connectivity index (χ0v) is 19.6. The molecule has 1 aromatic heterocycles. The normalized spacial score (nSPS) is 20.9. The maximum Gasteiger partial charge on any atom is 0.265 e. The number of rotatable bonds is 3. The van der Waals surface area contributed by atoms with Crippen LogP contribution < -0.4 is 4.31 Å². The Labute approximate surface area is 192 Å². The molecule has 0 radical (unpaired) electrons. The third kappa shape index (κ3) is 3.40. The summed E-state index contributed by atoms with van der Waals surface area (Å²) in [7, 11) is -3.99. The maximum atomic E-state index is 14.3. The van der Waals surface area contributed by atoms with Gasteiger partial charge in [-0.05, 0) is 67.5 Å². The van der Waals surface area contributed by atoms with Gasteiger partial charge in [-0.2, -0.15) is 0 Å². The van der Waals surface area contributed by atoms with Crippen molar-refractivity contribution in [2.45, 2.75) is 44.0 Å². The lowest BCUT2D eigenvalue weighted by molar-refractivity contribution is -0.122. The Bertz CT molecular complexity index is 1330. The Kier molecular flexibility index (Phi) is 5.26. The minimum absolute atomic E-state index is 0.0578. The zero-order chi connectivity index (χ0) is 22.5. The molecular weight excluding hydrogens is 440 g/mol. The van der Waals surface area contributed by atoms with Gasteiger partial charge in [0.25, 0.3) is 10.0 Å². The van der Waals surface area contributed by atoms with Gasteiger partial charge in [0.15, 0.2) is 0 Å². The van der Waals surface area contributed by atoms with Crippen LogP contribution in [0.15, 0.2) is 69.9 Å². The molecule has 0 spiro atoms. The van der Waals surface area contributed by atoms with E-state index in [9.17, 15) is 13.2 Å². The second-order valence-electron chi connectivity index (χ2n) is 8.42. The van der Waals surface area contributed by atoms with E-state index in [1.165, 1.54) is 15.6 Å². The van der Waals surface area contributed by atoms with Gasteiger partial charge in [0.1, 0.15) is 5.78 Å². The van der Waals surface area contributed by atoms with E-state index in [-0.39, 0.29) is 10.7 Å². The van der Waals surface area contributed by atoms with Crippen molar-refractivity contribution in [2.75, 3.05) is 4.31 Å². The lowest BCUT2D eigenvalue weighted by Gasteiger charge is -2.37. The van der Waals surface area contributed by atoms with Gasteiger partial charge in [-0.25, -0.2) is 8.42 Å². The molecular formula is C25H24N2O3S2. The number of aliphatic imine (C=N–C) groups is 1. The Morgan fingerprint density at radius 2 is 1.84 bits per heavy atom. The van der Waals surface area contributed by atoms with Gasteiger partial charge in [0.05, 0.1) is 28.2 Å². The molecule has 1 aliphatic heterocycles. The second kappa shape index (κ2) is 7.98. The van der Waals surface area contributed by atoms with Gasteiger partial charge >= 0.3 is 0 Å². The van der Waals surface area contributed by atoms with E-state index in [1.54, 1.807) is 12.1 Å². The number of benzene rings is 2. The first kappa shape index (κ1) is 21.1. The molecule has 5 rings (SSSR count). The van der Waals surface area contributed by atoms with Crippen LogP contribution in [0.2, 0.25) is 0 Å². The van der Waals surface area contributed by atoms with Crippen LogP contribution in [0, 0.1) is 19.8 Å². The summed E-state index contributed by atoms with van der Waals surface area (Å²) in [6.45, 7) is 3.70. The number of carbonyl (C=O) groups excluding carboxylic acids is 1. The van der Waals surface area contributed by atoms with Crippen molar-refractivity contribution in [1.82, 2.24) is 0 Å². The van der Waals surface area contributed by atoms with Crippen molar-refractivity contribution >= 4 is 44.2 Å². The largest absolute Gasteiger partial charge is 0.299 e. The molecule has 2 heterocycles. The van der Waals surface area contributed by atoms with E-state index >= 15 is 0 Å². The first-order valence-electron chi connectivity index (χ1n) is 10.7. The predicted molar refractivity (Wildman–Crippen MR) is 129 cm³/mol. The summed E-state index contributed by atoms with van der Waals surface area (Å²) < 4.78 is 30.1. The lowest BCUT2D eigenvalue weighted by Crippen LogP contribution is -2.44. The third-order valence-electron chi connectivity index (χ3n) is 6.23. The van der Waals surface area contributed by atoms with E-state index in [0.717, 1.165) is 22.6 Å². The predicted octanol–water partition coefficient (Wildman–Crippen LogP) is 5.76. The molecule has 2 aliphatic rings. The molecule has 7 heteroatoms. The smallest absolute Gasteiger partial charge is 0.265 e. The summed E-state index contributed by atoms with van der Waals surface area (Å²) >= 11 is 1.48. The molecule has 2 atom stereocenters. The number of sulfonamides is 1. The number of anilines is 1. The average Bonchev–Trinajstić information content (AvgIpc) is 3.24. The van der Waals surface area contributed by atoms with E-state index in [1.807, 2.05) is 61.7 Å². The highest BCUT2D eigenvalue weighted by molar-refractivity contribution is 7.93. The molecule has 32 heavy (non-hydrogen) atoms. The first-order chi connectivity index (χ1) is 15.4. The molecule has 2 aromatic carbocycles. The van der Waals surface area contributed by atoms with Crippen LogP contribution in [0.4, 0.5) is 11.4 Å². The number of thiophene rings is 1. The number of hydrogen-bond acceptors (Lipinski definition) is 5. The molecule has 0 N–H and O–H groups in total. The lowest BCUT2D eigenvalue weighted by atomic mass is 9.80. The fourth-order valence-corrected chi connectivity index (χ4v) is 7.61. The fraction of sp³-hybridized carbons (Fsp3) is 0.280. The molecule has 3 aromatic rings. The zero-order valence-electron chi connectivity index (χ0n) is 18.0. The Morgan fingerprint density at radius 3 is 2.62 bits per heavy atom. The van der Waals surface area contributed by atoms with Crippen molar-refractivity contribution in [3.8, 4) is 0 Å². The van der Waals surface area contributed by atoms with Gasteiger partial charge in [-0.1, -0.05) is 30.3 Å². The quantitative estimate of drug-likeness (QED) is 0.495. The van der Waals surface area contributed by atoms with Gasteiger partial charge in [-0.15, -0.1) is 11.3 Å². The minimum atomic E-state index is -3.99. The number of aryl methyl sites for hydroxylation is 2. The number of Topliss-reactive ketones (excluding diaryl/α,β-unsaturated/α-hetero) is 1. The van der Waals surface area contributed by atoms with Gasteiger partial charge < -0.3 is 0 Å². The number of para-hydroxylation sites is 2. The summed E-state index contributed by atoms with van der Waals surface area (Å²) in [6, 6.07) is 15.9. The van der Waals surface area contributed by atoms with Crippen molar-refractivity contribution in [3.63, 3.8) is 0 Å². The first-order valence-corrected chi connectivity index (χ1v) is 13.0. The molecule has 164 valence electrons. The molecule has 0 bridgehead atoms. The molecule has 0 saturated heterocycles. The highest BCUT2D eigenvalue weighted by Crippen LogP contribution is 2.48. The number of fused-ring (bicyclic) bond motifs is 2.